The van der Waals surface area contributed by atoms with E-state index >= 15 is 0 Å². The van der Waals surface area contributed by atoms with Crippen LogP contribution in [0.2, 0.25) is 0 Å². The van der Waals surface area contributed by atoms with Crippen molar-refractivity contribution in [2.75, 3.05) is 11.4 Å². The van der Waals surface area contributed by atoms with E-state index in [9.17, 15) is 4.79 Å². The molecule has 0 radical (unpaired) electrons. The number of aryl methyl sites for hydroxylation is 2. The lowest BCUT2D eigenvalue weighted by atomic mass is 10.1. The molecule has 0 aliphatic rings. The summed E-state index contributed by atoms with van der Waals surface area (Å²) in [6.07, 6.45) is 0. The van der Waals surface area contributed by atoms with Crippen LogP contribution in [-0.2, 0) is 11.3 Å². The summed E-state index contributed by atoms with van der Waals surface area (Å²) in [4.78, 5) is 13.1. The Morgan fingerprint density at radius 1 is 1.38 bits per heavy atom. The molecular weight excluding hydrogens is 268 g/mol. The normalized spacial score (nSPS) is 12.1. The maximum absolute atomic E-state index is 11.1. The minimum atomic E-state index is -0.815. The summed E-state index contributed by atoms with van der Waals surface area (Å²) in [5, 5.41) is 13.1. The molecule has 0 fully saturated rings. The van der Waals surface area contributed by atoms with Crippen LogP contribution < -0.4 is 4.90 Å². The summed E-state index contributed by atoms with van der Waals surface area (Å²) in [5.41, 5.74) is 2.32. The monoisotopic (exact) mass is 288 g/mol. The van der Waals surface area contributed by atoms with Crippen molar-refractivity contribution in [3.63, 3.8) is 0 Å². The van der Waals surface area contributed by atoms with Crippen molar-refractivity contribution in [2.45, 2.75) is 27.3 Å². The van der Waals surface area contributed by atoms with Crippen molar-refractivity contribution in [3.05, 3.63) is 47.2 Å². The van der Waals surface area contributed by atoms with Crippen molar-refractivity contribution >= 4 is 11.8 Å². The molecule has 5 nitrogen and oxygen atoms in total. The predicted molar refractivity (Wildman–Crippen MR) is 80.3 cm³/mol. The second-order valence-electron chi connectivity index (χ2n) is 5.34. The zero-order valence-electron chi connectivity index (χ0n) is 12.5. The van der Waals surface area contributed by atoms with Gasteiger partial charge in [-0.25, -0.2) is 0 Å². The van der Waals surface area contributed by atoms with Gasteiger partial charge in [-0.1, -0.05) is 36.3 Å². The smallest absolute Gasteiger partial charge is 0.308 e. The molecule has 5 heteroatoms. The number of aliphatic carboxylic acids is 1. The number of rotatable bonds is 6. The molecule has 1 heterocycles. The largest absolute Gasteiger partial charge is 0.481 e. The predicted octanol–water partition coefficient (Wildman–Crippen LogP) is 3.02. The first kappa shape index (κ1) is 15.1. The molecule has 0 saturated heterocycles. The average Bonchev–Trinajstić information content (AvgIpc) is 2.86. The highest BCUT2D eigenvalue weighted by Crippen LogP contribution is 2.20. The van der Waals surface area contributed by atoms with Crippen LogP contribution in [0.25, 0.3) is 0 Å². The molecule has 112 valence electrons. The lowest BCUT2D eigenvalue weighted by Crippen LogP contribution is -2.32. The molecule has 1 unspecified atom stereocenters. The van der Waals surface area contributed by atoms with E-state index in [0.717, 1.165) is 5.56 Å². The Bertz CT molecular complexity index is 621. The zero-order valence-corrected chi connectivity index (χ0v) is 12.5. The topological polar surface area (TPSA) is 66.6 Å². The third kappa shape index (κ3) is 3.84. The van der Waals surface area contributed by atoms with Crippen molar-refractivity contribution in [3.8, 4) is 0 Å². The summed E-state index contributed by atoms with van der Waals surface area (Å²) in [7, 11) is 0. The summed E-state index contributed by atoms with van der Waals surface area (Å²) in [5.74, 6) is 0.0858. The third-order valence-corrected chi connectivity index (χ3v) is 3.48. The Kier molecular flexibility index (Phi) is 4.62. The van der Waals surface area contributed by atoms with Crippen LogP contribution in [0.15, 0.2) is 34.9 Å². The molecule has 1 N–H and O–H groups in total. The molecule has 0 bridgehead atoms. The average molecular weight is 288 g/mol. The van der Waals surface area contributed by atoms with Crippen molar-refractivity contribution < 1.29 is 14.4 Å². The van der Waals surface area contributed by atoms with Crippen LogP contribution in [-0.4, -0.2) is 22.8 Å². The highest BCUT2D eigenvalue weighted by Gasteiger charge is 2.19. The highest BCUT2D eigenvalue weighted by molar-refractivity contribution is 5.70. The number of aromatic nitrogens is 1. The molecule has 0 amide bonds. The lowest BCUT2D eigenvalue weighted by Gasteiger charge is -2.24. The molecule has 2 aromatic rings. The van der Waals surface area contributed by atoms with Crippen LogP contribution >= 0.6 is 0 Å². The molecule has 1 atom stereocenters. The van der Waals surface area contributed by atoms with Gasteiger partial charge < -0.3 is 14.5 Å². The minimum absolute atomic E-state index is 0.385. The molecule has 0 aliphatic carbocycles. The summed E-state index contributed by atoms with van der Waals surface area (Å²) >= 11 is 0. The Morgan fingerprint density at radius 2 is 2.10 bits per heavy atom. The van der Waals surface area contributed by atoms with Gasteiger partial charge in [0.1, 0.15) is 5.76 Å². The van der Waals surface area contributed by atoms with Gasteiger partial charge in [0.25, 0.3) is 0 Å². The van der Waals surface area contributed by atoms with Gasteiger partial charge in [-0.3, -0.25) is 4.79 Å². The summed E-state index contributed by atoms with van der Waals surface area (Å²) < 4.78 is 5.12. The zero-order chi connectivity index (χ0) is 15.4. The second kappa shape index (κ2) is 6.43. The molecule has 1 aromatic heterocycles. The number of hydrogen-bond acceptors (Lipinski definition) is 4. The van der Waals surface area contributed by atoms with E-state index in [1.807, 2.05) is 49.1 Å². The standard InChI is InChI=1S/C16H20N2O3/c1-11-6-4-5-7-14(11)10-18(9-12(2)16(19)20)15-8-13(3)21-17-15/h4-8,12H,9-10H2,1-3H3,(H,19,20). The van der Waals surface area contributed by atoms with Crippen LogP contribution in [0.1, 0.15) is 23.8 Å². The Labute approximate surface area is 124 Å². The van der Waals surface area contributed by atoms with Gasteiger partial charge in [0.15, 0.2) is 5.82 Å². The number of carbonyl (C=O) groups is 1. The molecule has 2 rings (SSSR count). The first-order valence-corrected chi connectivity index (χ1v) is 6.93. The number of carboxylic acids is 1. The number of benzene rings is 1. The first-order chi connectivity index (χ1) is 9.97. The Hall–Kier alpha value is -2.30. The SMILES string of the molecule is Cc1cc(N(Cc2ccccc2C)CC(C)C(=O)O)no1. The van der Waals surface area contributed by atoms with E-state index in [2.05, 4.69) is 5.16 Å². The van der Waals surface area contributed by atoms with Gasteiger partial charge in [0.05, 0.1) is 5.92 Å². The van der Waals surface area contributed by atoms with Gasteiger partial charge in [0.2, 0.25) is 0 Å². The van der Waals surface area contributed by atoms with Gasteiger partial charge in [-0.05, 0) is 25.0 Å². The molecule has 0 aliphatic heterocycles. The van der Waals surface area contributed by atoms with Gasteiger partial charge >= 0.3 is 5.97 Å². The quantitative estimate of drug-likeness (QED) is 0.885. The van der Waals surface area contributed by atoms with E-state index in [1.165, 1.54) is 5.56 Å². The fourth-order valence-electron chi connectivity index (χ4n) is 2.14. The van der Waals surface area contributed by atoms with Crippen molar-refractivity contribution in [2.24, 2.45) is 5.92 Å². The third-order valence-electron chi connectivity index (χ3n) is 3.48. The molecule has 21 heavy (non-hydrogen) atoms. The maximum Gasteiger partial charge on any atom is 0.308 e. The maximum atomic E-state index is 11.1. The van der Waals surface area contributed by atoms with Crippen LogP contribution in [0, 0.1) is 19.8 Å². The van der Waals surface area contributed by atoms with E-state index in [4.69, 9.17) is 9.63 Å². The lowest BCUT2D eigenvalue weighted by molar-refractivity contribution is -0.140. The highest BCUT2D eigenvalue weighted by atomic mass is 16.5. The van der Waals surface area contributed by atoms with Gasteiger partial charge in [-0.2, -0.15) is 0 Å². The molecule has 1 aromatic carbocycles. The molecular formula is C16H20N2O3. The van der Waals surface area contributed by atoms with E-state index in [-0.39, 0.29) is 0 Å². The fourth-order valence-corrected chi connectivity index (χ4v) is 2.14. The van der Waals surface area contributed by atoms with E-state index in [0.29, 0.717) is 24.7 Å². The van der Waals surface area contributed by atoms with Crippen LogP contribution in [0.3, 0.4) is 0 Å². The number of carboxylic acid groups (broad SMARTS) is 1. The molecule has 0 saturated carbocycles. The van der Waals surface area contributed by atoms with Crippen LogP contribution in [0.4, 0.5) is 5.82 Å². The summed E-state index contributed by atoms with van der Waals surface area (Å²) in [6.45, 7) is 6.55. The fraction of sp³-hybridized carbons (Fsp3) is 0.375. The second-order valence-corrected chi connectivity index (χ2v) is 5.34. The van der Waals surface area contributed by atoms with Crippen molar-refractivity contribution in [1.29, 1.82) is 0 Å². The number of hydrogen-bond donors (Lipinski definition) is 1. The van der Waals surface area contributed by atoms with Gasteiger partial charge in [0, 0.05) is 19.2 Å². The number of nitrogens with zero attached hydrogens (tertiary/aromatic N) is 2. The van der Waals surface area contributed by atoms with E-state index in [1.54, 1.807) is 6.92 Å². The summed E-state index contributed by atoms with van der Waals surface area (Å²) in [6, 6.07) is 9.88. The molecule has 0 spiro atoms. The van der Waals surface area contributed by atoms with Crippen LogP contribution in [0.5, 0.6) is 0 Å². The number of anilines is 1. The van der Waals surface area contributed by atoms with E-state index < -0.39 is 11.9 Å². The Balaban J connectivity index is 2.23. The Morgan fingerprint density at radius 3 is 2.67 bits per heavy atom. The minimum Gasteiger partial charge on any atom is -0.481 e. The van der Waals surface area contributed by atoms with Crippen molar-refractivity contribution in [1.82, 2.24) is 5.16 Å². The first-order valence-electron chi connectivity index (χ1n) is 6.93. The van der Waals surface area contributed by atoms with Gasteiger partial charge in [-0.15, -0.1) is 0 Å².